The largest absolute Gasteiger partial charge is 0.461 e. The van der Waals surface area contributed by atoms with Crippen molar-refractivity contribution in [3.63, 3.8) is 0 Å². The molecule has 0 aromatic rings. The third-order valence-electron chi connectivity index (χ3n) is 1.52. The summed E-state index contributed by atoms with van der Waals surface area (Å²) in [5.41, 5.74) is 5.60. The summed E-state index contributed by atoms with van der Waals surface area (Å²) in [4.78, 5) is 10.6. The van der Waals surface area contributed by atoms with E-state index >= 15 is 0 Å². The van der Waals surface area contributed by atoms with Gasteiger partial charge in [0.15, 0.2) is 0 Å². The Kier molecular flexibility index (Phi) is 5.66. The Morgan fingerprint density at radius 3 is 2.85 bits per heavy atom. The van der Waals surface area contributed by atoms with Crippen molar-refractivity contribution in [3.8, 4) is 12.3 Å². The lowest BCUT2D eigenvalue weighted by Crippen LogP contribution is -2.26. The summed E-state index contributed by atoms with van der Waals surface area (Å²) < 4.78 is 4.95. The lowest BCUT2D eigenvalue weighted by Gasteiger charge is -2.16. The minimum Gasteiger partial charge on any atom is -0.461 e. The van der Waals surface area contributed by atoms with Crippen LogP contribution < -0.4 is 5.73 Å². The highest BCUT2D eigenvalue weighted by molar-refractivity contribution is 5.66. The van der Waals surface area contributed by atoms with E-state index in [2.05, 4.69) is 12.5 Å². The molecule has 0 saturated carbocycles. The SMILES string of the molecule is C#CC[C@H](C[C@H](N)C=C)OC(C)=O. The van der Waals surface area contributed by atoms with Crippen LogP contribution in [0.5, 0.6) is 0 Å². The minimum atomic E-state index is -0.337. The van der Waals surface area contributed by atoms with E-state index in [0.717, 1.165) is 0 Å². The molecular weight excluding hydrogens is 166 g/mol. The molecule has 0 aliphatic carbocycles. The standard InChI is InChI=1S/C10H15NO2/c1-4-6-10(13-8(3)12)7-9(11)5-2/h1,5,9-10H,2,6-7,11H2,3H3/t9-,10-/m1/s1. The summed E-state index contributed by atoms with van der Waals surface area (Å²) >= 11 is 0. The Balaban J connectivity index is 4.02. The van der Waals surface area contributed by atoms with E-state index in [1.165, 1.54) is 6.92 Å². The summed E-state index contributed by atoms with van der Waals surface area (Å²) in [6.07, 6.45) is 7.33. The third kappa shape index (κ3) is 5.94. The predicted molar refractivity (Wildman–Crippen MR) is 51.8 cm³/mol. The molecule has 0 saturated heterocycles. The topological polar surface area (TPSA) is 52.3 Å². The van der Waals surface area contributed by atoms with Crippen LogP contribution in [0.25, 0.3) is 0 Å². The molecule has 0 unspecified atom stereocenters. The molecule has 0 fully saturated rings. The van der Waals surface area contributed by atoms with Crippen LogP contribution >= 0.6 is 0 Å². The van der Waals surface area contributed by atoms with Crippen LogP contribution in [0.4, 0.5) is 0 Å². The van der Waals surface area contributed by atoms with Crippen molar-refractivity contribution in [2.45, 2.75) is 31.9 Å². The second-order valence-corrected chi connectivity index (χ2v) is 2.77. The summed E-state index contributed by atoms with van der Waals surface area (Å²) in [5.74, 6) is 2.10. The highest BCUT2D eigenvalue weighted by atomic mass is 16.5. The highest BCUT2D eigenvalue weighted by Gasteiger charge is 2.13. The van der Waals surface area contributed by atoms with Gasteiger partial charge in [0.25, 0.3) is 0 Å². The number of carbonyl (C=O) groups is 1. The van der Waals surface area contributed by atoms with Gasteiger partial charge < -0.3 is 10.5 Å². The lowest BCUT2D eigenvalue weighted by atomic mass is 10.1. The molecule has 3 nitrogen and oxygen atoms in total. The normalized spacial score (nSPS) is 13.9. The van der Waals surface area contributed by atoms with Gasteiger partial charge in [0.05, 0.1) is 0 Å². The molecule has 0 aromatic carbocycles. The van der Waals surface area contributed by atoms with E-state index in [1.54, 1.807) is 6.08 Å². The number of carbonyl (C=O) groups excluding carboxylic acids is 1. The molecular formula is C10H15NO2. The molecule has 2 N–H and O–H groups in total. The molecule has 3 heteroatoms. The Morgan fingerprint density at radius 2 is 2.46 bits per heavy atom. The van der Waals surface area contributed by atoms with Crippen molar-refractivity contribution in [2.24, 2.45) is 5.73 Å². The zero-order valence-corrected chi connectivity index (χ0v) is 7.82. The van der Waals surface area contributed by atoms with Gasteiger partial charge >= 0.3 is 5.97 Å². The zero-order valence-electron chi connectivity index (χ0n) is 7.82. The van der Waals surface area contributed by atoms with Gasteiger partial charge in [0, 0.05) is 25.8 Å². The molecule has 2 atom stereocenters. The molecule has 0 aliphatic heterocycles. The Labute approximate surface area is 78.9 Å². The minimum absolute atomic E-state index is 0.183. The quantitative estimate of drug-likeness (QED) is 0.388. The fourth-order valence-electron chi connectivity index (χ4n) is 0.939. The first-order chi connectivity index (χ1) is 6.10. The van der Waals surface area contributed by atoms with Crippen LogP contribution in [-0.4, -0.2) is 18.1 Å². The second kappa shape index (κ2) is 6.27. The molecule has 0 radical (unpaired) electrons. The molecule has 0 bridgehead atoms. The van der Waals surface area contributed by atoms with Gasteiger partial charge in [-0.3, -0.25) is 4.79 Å². The number of terminal acetylenes is 1. The van der Waals surface area contributed by atoms with Crippen LogP contribution in [0.3, 0.4) is 0 Å². The fraction of sp³-hybridized carbons (Fsp3) is 0.500. The van der Waals surface area contributed by atoms with Crippen LogP contribution in [-0.2, 0) is 9.53 Å². The molecule has 0 heterocycles. The monoisotopic (exact) mass is 181 g/mol. The molecule has 0 amide bonds. The molecule has 0 rings (SSSR count). The summed E-state index contributed by atoms with van der Waals surface area (Å²) in [6, 6.07) is -0.183. The van der Waals surface area contributed by atoms with E-state index in [-0.39, 0.29) is 18.1 Å². The Morgan fingerprint density at radius 1 is 1.85 bits per heavy atom. The molecule has 0 spiro atoms. The number of hydrogen-bond acceptors (Lipinski definition) is 3. The summed E-state index contributed by atoms with van der Waals surface area (Å²) in [7, 11) is 0. The van der Waals surface area contributed by atoms with E-state index in [4.69, 9.17) is 16.9 Å². The molecule has 0 aliphatic rings. The first-order valence-electron chi connectivity index (χ1n) is 4.09. The van der Waals surface area contributed by atoms with Crippen molar-refractivity contribution in [2.75, 3.05) is 0 Å². The number of esters is 1. The second-order valence-electron chi connectivity index (χ2n) is 2.77. The number of ether oxygens (including phenoxy) is 1. The highest BCUT2D eigenvalue weighted by Crippen LogP contribution is 2.06. The van der Waals surface area contributed by atoms with Crippen molar-refractivity contribution in [1.82, 2.24) is 0 Å². The van der Waals surface area contributed by atoms with Gasteiger partial charge in [0.1, 0.15) is 6.10 Å². The van der Waals surface area contributed by atoms with Crippen LogP contribution in [0.1, 0.15) is 19.8 Å². The van der Waals surface area contributed by atoms with E-state index in [0.29, 0.717) is 12.8 Å². The van der Waals surface area contributed by atoms with Gasteiger partial charge in [-0.25, -0.2) is 0 Å². The van der Waals surface area contributed by atoms with Gasteiger partial charge in [-0.05, 0) is 0 Å². The summed E-state index contributed by atoms with van der Waals surface area (Å²) in [6.45, 7) is 4.89. The van der Waals surface area contributed by atoms with Crippen LogP contribution in [0, 0.1) is 12.3 Å². The van der Waals surface area contributed by atoms with Gasteiger partial charge in [-0.2, -0.15) is 0 Å². The first kappa shape index (κ1) is 11.7. The average Bonchev–Trinajstić information content (AvgIpc) is 2.03. The maximum Gasteiger partial charge on any atom is 0.302 e. The van der Waals surface area contributed by atoms with Crippen molar-refractivity contribution in [3.05, 3.63) is 12.7 Å². The van der Waals surface area contributed by atoms with E-state index in [1.807, 2.05) is 0 Å². The maximum absolute atomic E-state index is 10.6. The van der Waals surface area contributed by atoms with Crippen LogP contribution in [0.2, 0.25) is 0 Å². The molecule has 72 valence electrons. The predicted octanol–water partition coefficient (Wildman–Crippen LogP) is 0.845. The third-order valence-corrected chi connectivity index (χ3v) is 1.52. The fourth-order valence-corrected chi connectivity index (χ4v) is 0.939. The smallest absolute Gasteiger partial charge is 0.302 e. The zero-order chi connectivity index (χ0) is 10.3. The van der Waals surface area contributed by atoms with Crippen molar-refractivity contribution in [1.29, 1.82) is 0 Å². The number of nitrogens with two attached hydrogens (primary N) is 1. The molecule has 13 heavy (non-hydrogen) atoms. The average molecular weight is 181 g/mol. The lowest BCUT2D eigenvalue weighted by molar-refractivity contribution is -0.146. The summed E-state index contributed by atoms with van der Waals surface area (Å²) in [5, 5.41) is 0. The first-order valence-corrected chi connectivity index (χ1v) is 4.09. The Hall–Kier alpha value is -1.27. The van der Waals surface area contributed by atoms with Crippen molar-refractivity contribution < 1.29 is 9.53 Å². The van der Waals surface area contributed by atoms with Gasteiger partial charge in [0.2, 0.25) is 0 Å². The van der Waals surface area contributed by atoms with Gasteiger partial charge in [-0.15, -0.1) is 18.9 Å². The maximum atomic E-state index is 10.6. The van der Waals surface area contributed by atoms with Crippen LogP contribution in [0.15, 0.2) is 12.7 Å². The Bertz CT molecular complexity index is 217. The van der Waals surface area contributed by atoms with E-state index < -0.39 is 0 Å². The number of rotatable bonds is 5. The molecule has 0 aromatic heterocycles. The van der Waals surface area contributed by atoms with Crippen molar-refractivity contribution >= 4 is 5.97 Å². The van der Waals surface area contributed by atoms with Gasteiger partial charge in [-0.1, -0.05) is 6.08 Å². The van der Waals surface area contributed by atoms with E-state index in [9.17, 15) is 4.79 Å². The number of hydrogen-bond donors (Lipinski definition) is 1.